The normalized spacial score (nSPS) is 23.1. The van der Waals surface area contributed by atoms with Crippen LogP contribution in [-0.2, 0) is 4.74 Å². The molecule has 8 nitrogen and oxygen atoms in total. The predicted octanol–water partition coefficient (Wildman–Crippen LogP) is 1.32. The summed E-state index contributed by atoms with van der Waals surface area (Å²) in [7, 11) is 0. The molecular weight excluding hydrogens is 336 g/mol. The number of benzene rings is 1. The molecule has 4 rings (SSSR count). The Morgan fingerprint density at radius 2 is 2.19 bits per heavy atom. The third-order valence-electron chi connectivity index (χ3n) is 4.46. The lowest BCUT2D eigenvalue weighted by molar-refractivity contribution is -0.0430. The summed E-state index contributed by atoms with van der Waals surface area (Å²) in [5, 5.41) is 17.9. The molecule has 1 amide bonds. The molecule has 2 aromatic heterocycles. The maximum Gasteiger partial charge on any atom is 0.256 e. The number of ether oxygens (including phenoxy) is 1. The van der Waals surface area contributed by atoms with Crippen molar-refractivity contribution >= 4 is 22.8 Å². The number of aliphatic hydroxyl groups excluding tert-OH is 2. The summed E-state index contributed by atoms with van der Waals surface area (Å²) in [6, 6.07) is 10.7. The van der Waals surface area contributed by atoms with Crippen LogP contribution in [0.15, 0.2) is 48.9 Å². The number of rotatable bonds is 5. The van der Waals surface area contributed by atoms with Gasteiger partial charge in [-0.05, 0) is 18.2 Å². The van der Waals surface area contributed by atoms with E-state index in [9.17, 15) is 9.90 Å². The van der Waals surface area contributed by atoms with E-state index < -0.39 is 18.4 Å². The molecule has 8 heteroatoms. The minimum Gasteiger partial charge on any atom is -0.394 e. The second-order valence-corrected chi connectivity index (χ2v) is 6.10. The number of nitrogens with zero attached hydrogens (tertiary/aromatic N) is 3. The standard InChI is InChI=1S/C18H18N4O4/c23-9-14-13(24)8-15(26-14)22-7-6-12-16(19-10-20-17(12)22)21-18(25)11-4-2-1-3-5-11/h1-7,10,13-15,23-24H,8-9H2,(H,19,20,21,25)/t13-,14-,15-/m1/s1/i23T. The zero-order chi connectivity index (χ0) is 18.8. The Balaban J connectivity index is 1.60. The zero-order valence-electron chi connectivity index (χ0n) is 14.8. The van der Waals surface area contributed by atoms with Gasteiger partial charge in [0.1, 0.15) is 30.1 Å². The number of fused-ring (bicyclic) bond motifs is 1. The van der Waals surface area contributed by atoms with Crippen molar-refractivity contribution in [1.29, 1.82) is 1.43 Å². The molecule has 1 aliphatic rings. The molecule has 1 aliphatic heterocycles. The fraction of sp³-hybridized carbons (Fsp3) is 0.278. The third kappa shape index (κ3) is 2.94. The van der Waals surface area contributed by atoms with Crippen molar-refractivity contribution in [3.8, 4) is 0 Å². The van der Waals surface area contributed by atoms with Crippen LogP contribution in [0.2, 0.25) is 0 Å². The van der Waals surface area contributed by atoms with E-state index in [0.717, 1.165) is 0 Å². The highest BCUT2D eigenvalue weighted by Gasteiger charge is 2.35. The van der Waals surface area contributed by atoms with E-state index in [1.807, 2.05) is 6.07 Å². The number of carbonyl (C=O) groups excluding carboxylic acids is 1. The van der Waals surface area contributed by atoms with Gasteiger partial charge >= 0.3 is 0 Å². The summed E-state index contributed by atoms with van der Waals surface area (Å²) < 4.78 is 14.4. The summed E-state index contributed by atoms with van der Waals surface area (Å²) in [5.74, 6) is 0.140. The Morgan fingerprint density at radius 1 is 1.35 bits per heavy atom. The average Bonchev–Trinajstić information content (AvgIpc) is 3.27. The van der Waals surface area contributed by atoms with E-state index in [4.69, 9.17) is 6.17 Å². The second kappa shape index (κ2) is 6.83. The molecule has 1 aromatic carbocycles. The molecule has 3 N–H and O–H groups in total. The molecule has 0 bridgehead atoms. The van der Waals surface area contributed by atoms with Crippen LogP contribution in [0.3, 0.4) is 0 Å². The van der Waals surface area contributed by atoms with Gasteiger partial charge in [0.05, 0.1) is 18.1 Å². The molecule has 134 valence electrons. The first-order valence-corrected chi connectivity index (χ1v) is 8.27. The van der Waals surface area contributed by atoms with Gasteiger partial charge in [0, 0.05) is 18.2 Å². The number of carbonyl (C=O) groups is 1. The summed E-state index contributed by atoms with van der Waals surface area (Å²) in [4.78, 5) is 20.9. The molecule has 3 aromatic rings. The minimum atomic E-state index is -0.725. The first kappa shape index (κ1) is 15.4. The summed E-state index contributed by atoms with van der Waals surface area (Å²) in [6.07, 6.45) is 1.77. The molecule has 0 aliphatic carbocycles. The van der Waals surface area contributed by atoms with Gasteiger partial charge in [-0.3, -0.25) is 4.79 Å². The average molecular weight is 356 g/mol. The van der Waals surface area contributed by atoms with Crippen LogP contribution >= 0.6 is 0 Å². The van der Waals surface area contributed by atoms with Gasteiger partial charge in [-0.25, -0.2) is 9.97 Å². The van der Waals surface area contributed by atoms with Gasteiger partial charge < -0.3 is 24.8 Å². The van der Waals surface area contributed by atoms with Crippen LogP contribution in [0.4, 0.5) is 5.82 Å². The van der Waals surface area contributed by atoms with E-state index in [1.54, 1.807) is 41.1 Å². The maximum atomic E-state index is 12.4. The zero-order valence-corrected chi connectivity index (χ0v) is 13.8. The van der Waals surface area contributed by atoms with Crippen molar-refractivity contribution in [2.24, 2.45) is 0 Å². The molecule has 0 radical (unpaired) electrons. The van der Waals surface area contributed by atoms with Gasteiger partial charge in [-0.2, -0.15) is 0 Å². The number of aromatic nitrogens is 3. The molecule has 0 saturated carbocycles. The second-order valence-electron chi connectivity index (χ2n) is 6.10. The summed E-state index contributed by atoms with van der Waals surface area (Å²) >= 11 is 0. The van der Waals surface area contributed by atoms with E-state index >= 15 is 0 Å². The number of aliphatic hydroxyl groups is 2. The van der Waals surface area contributed by atoms with E-state index in [-0.39, 0.29) is 12.5 Å². The topological polar surface area (TPSA) is 110 Å². The lowest BCUT2D eigenvalue weighted by Crippen LogP contribution is -2.24. The van der Waals surface area contributed by atoms with E-state index in [1.165, 1.54) is 6.33 Å². The van der Waals surface area contributed by atoms with Crippen LogP contribution in [-0.4, -0.2) is 50.9 Å². The van der Waals surface area contributed by atoms with Gasteiger partial charge in [0.2, 0.25) is 1.43 Å². The number of anilines is 1. The largest absolute Gasteiger partial charge is 0.394 e. The molecule has 1 fully saturated rings. The SMILES string of the molecule is [3H]OC[C@H]1O[C@@H](n2ccc3c(NC(=O)c4ccccc4)ncnc32)C[C@H]1O. The molecule has 1 saturated heterocycles. The van der Waals surface area contributed by atoms with Crippen molar-refractivity contribution in [3.63, 3.8) is 0 Å². The Bertz CT molecular complexity index is 949. The van der Waals surface area contributed by atoms with Crippen LogP contribution in [0.1, 0.15) is 23.0 Å². The third-order valence-corrected chi connectivity index (χ3v) is 4.46. The smallest absolute Gasteiger partial charge is 0.256 e. The minimum absolute atomic E-state index is 0.00969. The van der Waals surface area contributed by atoms with Gasteiger partial charge in [0.25, 0.3) is 5.91 Å². The molecule has 3 heterocycles. The first-order chi connectivity index (χ1) is 13.2. The predicted molar refractivity (Wildman–Crippen MR) is 93.5 cm³/mol. The van der Waals surface area contributed by atoms with Gasteiger partial charge in [-0.15, -0.1) is 0 Å². The molecular formula is C18H18N4O4. The summed E-state index contributed by atoms with van der Waals surface area (Å²) in [5.41, 5.74) is 1.11. The summed E-state index contributed by atoms with van der Waals surface area (Å²) in [6.45, 7) is -0.00969. The lowest BCUT2D eigenvalue weighted by atomic mass is 10.2. The Labute approximate surface area is 150 Å². The highest BCUT2D eigenvalue weighted by molar-refractivity contribution is 6.07. The Hall–Kier alpha value is -2.81. The molecule has 0 spiro atoms. The van der Waals surface area contributed by atoms with Crippen LogP contribution in [0, 0.1) is 0 Å². The quantitative estimate of drug-likeness (QED) is 0.636. The number of nitrogens with one attached hydrogen (secondary N) is 1. The van der Waals surface area contributed by atoms with Crippen molar-refractivity contribution in [2.75, 3.05) is 11.9 Å². The molecule has 3 atom stereocenters. The molecule has 0 unspecified atom stereocenters. The Kier molecular flexibility index (Phi) is 4.06. The van der Waals surface area contributed by atoms with E-state index in [2.05, 4.69) is 20.4 Å². The van der Waals surface area contributed by atoms with Crippen molar-refractivity contribution in [2.45, 2.75) is 24.9 Å². The maximum absolute atomic E-state index is 12.4. The van der Waals surface area contributed by atoms with Crippen molar-refractivity contribution < 1.29 is 19.7 Å². The highest BCUT2D eigenvalue weighted by atomic mass is 16.5. The fourth-order valence-electron chi connectivity index (χ4n) is 3.11. The van der Waals surface area contributed by atoms with Gasteiger partial charge in [-0.1, -0.05) is 18.2 Å². The van der Waals surface area contributed by atoms with Crippen LogP contribution < -0.4 is 5.32 Å². The van der Waals surface area contributed by atoms with E-state index in [0.29, 0.717) is 28.8 Å². The van der Waals surface area contributed by atoms with Gasteiger partial charge in [0.15, 0.2) is 0 Å². The van der Waals surface area contributed by atoms with Crippen molar-refractivity contribution in [1.82, 2.24) is 14.5 Å². The Morgan fingerprint density at radius 3 is 3.00 bits per heavy atom. The highest BCUT2D eigenvalue weighted by Crippen LogP contribution is 2.32. The first-order valence-electron chi connectivity index (χ1n) is 8.68. The lowest BCUT2D eigenvalue weighted by Gasteiger charge is -2.14. The fourth-order valence-corrected chi connectivity index (χ4v) is 3.11. The van der Waals surface area contributed by atoms with Crippen LogP contribution in [0.25, 0.3) is 11.0 Å². The van der Waals surface area contributed by atoms with Crippen molar-refractivity contribution in [3.05, 3.63) is 54.5 Å². The molecule has 26 heavy (non-hydrogen) atoms. The number of amides is 1. The number of hydrogen-bond donors (Lipinski definition) is 3. The monoisotopic (exact) mass is 356 g/mol. The van der Waals surface area contributed by atoms with Crippen LogP contribution in [0.5, 0.6) is 0 Å². The number of hydrogen-bond acceptors (Lipinski definition) is 6.